The number of aryl methyl sites for hydroxylation is 2. The average molecular weight is 214 g/mol. The number of aromatic nitrogens is 2. The quantitative estimate of drug-likeness (QED) is 0.614. The van der Waals surface area contributed by atoms with Crippen LogP contribution >= 0.6 is 0 Å². The highest BCUT2D eigenvalue weighted by molar-refractivity contribution is 5.54. The van der Waals surface area contributed by atoms with Crippen molar-refractivity contribution in [2.75, 3.05) is 5.01 Å². The van der Waals surface area contributed by atoms with E-state index in [1.807, 2.05) is 50.2 Å². The predicted molar refractivity (Wildman–Crippen MR) is 64.3 cm³/mol. The van der Waals surface area contributed by atoms with Crippen LogP contribution in [0.5, 0.6) is 0 Å². The van der Waals surface area contributed by atoms with Crippen LogP contribution in [0.25, 0.3) is 0 Å². The van der Waals surface area contributed by atoms with Gasteiger partial charge in [0.25, 0.3) is 0 Å². The van der Waals surface area contributed by atoms with Crippen LogP contribution in [0, 0.1) is 13.8 Å². The molecule has 0 fully saturated rings. The largest absolute Gasteiger partial charge is 0.246 e. The molecule has 4 nitrogen and oxygen atoms in total. The molecule has 4 heteroatoms. The maximum absolute atomic E-state index is 5.96. The summed E-state index contributed by atoms with van der Waals surface area (Å²) in [6.45, 7) is 3.86. The number of rotatable bonds is 2. The molecule has 0 aliphatic heterocycles. The molecule has 2 N–H and O–H groups in total. The maximum Gasteiger partial charge on any atom is 0.245 e. The third-order valence-corrected chi connectivity index (χ3v) is 2.22. The molecule has 2 aromatic rings. The number of hydrogen-bond acceptors (Lipinski definition) is 4. The molecule has 0 aliphatic carbocycles. The Balaban J connectivity index is 2.37. The van der Waals surface area contributed by atoms with Crippen molar-refractivity contribution in [2.24, 2.45) is 5.84 Å². The van der Waals surface area contributed by atoms with Crippen molar-refractivity contribution in [3.8, 4) is 0 Å². The van der Waals surface area contributed by atoms with E-state index in [4.69, 9.17) is 5.84 Å². The van der Waals surface area contributed by atoms with E-state index in [1.54, 1.807) is 0 Å². The van der Waals surface area contributed by atoms with Crippen molar-refractivity contribution in [3.63, 3.8) is 0 Å². The standard InChI is InChI=1S/C12H14N4/c1-9-8-10(2)15-12(14-9)16(13)11-6-4-3-5-7-11/h3-8H,13H2,1-2H3. The molecule has 16 heavy (non-hydrogen) atoms. The molecule has 0 saturated heterocycles. The minimum Gasteiger partial charge on any atom is -0.246 e. The van der Waals surface area contributed by atoms with Gasteiger partial charge in [0.1, 0.15) is 0 Å². The lowest BCUT2D eigenvalue weighted by molar-refractivity contribution is 0.942. The highest BCUT2D eigenvalue weighted by atomic mass is 15.5. The van der Waals surface area contributed by atoms with Crippen LogP contribution in [0.4, 0.5) is 11.6 Å². The Morgan fingerprint density at radius 1 is 1.00 bits per heavy atom. The zero-order chi connectivity index (χ0) is 11.5. The number of benzene rings is 1. The molecule has 0 bridgehead atoms. The molecule has 0 aliphatic rings. The Labute approximate surface area is 94.7 Å². The van der Waals surface area contributed by atoms with Crippen molar-refractivity contribution >= 4 is 11.6 Å². The minimum absolute atomic E-state index is 0.517. The van der Waals surface area contributed by atoms with E-state index in [0.29, 0.717) is 5.95 Å². The van der Waals surface area contributed by atoms with Gasteiger partial charge in [-0.3, -0.25) is 0 Å². The summed E-state index contributed by atoms with van der Waals surface area (Å²) >= 11 is 0. The molecule has 1 aromatic heterocycles. The van der Waals surface area contributed by atoms with Crippen LogP contribution in [0.2, 0.25) is 0 Å². The first-order valence-electron chi connectivity index (χ1n) is 5.09. The van der Waals surface area contributed by atoms with Gasteiger partial charge < -0.3 is 0 Å². The molecule has 0 unspecified atom stereocenters. The lowest BCUT2D eigenvalue weighted by Gasteiger charge is -2.16. The van der Waals surface area contributed by atoms with Gasteiger partial charge in [0, 0.05) is 11.4 Å². The van der Waals surface area contributed by atoms with Crippen LogP contribution in [-0.4, -0.2) is 9.97 Å². The van der Waals surface area contributed by atoms with Crippen LogP contribution in [-0.2, 0) is 0 Å². The lowest BCUT2D eigenvalue weighted by atomic mass is 10.3. The monoisotopic (exact) mass is 214 g/mol. The van der Waals surface area contributed by atoms with Crippen molar-refractivity contribution in [3.05, 3.63) is 47.8 Å². The fourth-order valence-electron chi connectivity index (χ4n) is 1.52. The number of hydrogen-bond donors (Lipinski definition) is 1. The predicted octanol–water partition coefficient (Wildman–Crippen LogP) is 2.11. The molecule has 82 valence electrons. The smallest absolute Gasteiger partial charge is 0.245 e. The van der Waals surface area contributed by atoms with Crippen LogP contribution < -0.4 is 10.9 Å². The van der Waals surface area contributed by atoms with E-state index in [2.05, 4.69) is 9.97 Å². The Hall–Kier alpha value is -1.94. The zero-order valence-electron chi connectivity index (χ0n) is 9.38. The van der Waals surface area contributed by atoms with E-state index in [0.717, 1.165) is 17.1 Å². The van der Waals surface area contributed by atoms with E-state index >= 15 is 0 Å². The van der Waals surface area contributed by atoms with Gasteiger partial charge in [-0.25, -0.2) is 20.8 Å². The minimum atomic E-state index is 0.517. The second-order valence-electron chi connectivity index (χ2n) is 3.66. The normalized spacial score (nSPS) is 10.2. The Morgan fingerprint density at radius 3 is 2.12 bits per heavy atom. The molecule has 0 radical (unpaired) electrons. The average Bonchev–Trinajstić information content (AvgIpc) is 2.28. The van der Waals surface area contributed by atoms with Crippen LogP contribution in [0.1, 0.15) is 11.4 Å². The highest BCUT2D eigenvalue weighted by Crippen LogP contribution is 2.17. The maximum atomic E-state index is 5.96. The first-order chi connectivity index (χ1) is 7.66. The molecule has 1 aromatic carbocycles. The SMILES string of the molecule is Cc1cc(C)nc(N(N)c2ccccc2)n1. The summed E-state index contributed by atoms with van der Waals surface area (Å²) in [6, 6.07) is 11.6. The van der Waals surface area contributed by atoms with Gasteiger partial charge >= 0.3 is 0 Å². The molecular formula is C12H14N4. The van der Waals surface area contributed by atoms with Crippen molar-refractivity contribution in [1.29, 1.82) is 0 Å². The second kappa shape index (κ2) is 4.28. The molecule has 0 amide bonds. The Bertz CT molecular complexity index is 461. The number of hydrazine groups is 1. The topological polar surface area (TPSA) is 55.0 Å². The fourth-order valence-corrected chi connectivity index (χ4v) is 1.52. The molecule has 0 saturated carbocycles. The van der Waals surface area contributed by atoms with Gasteiger partial charge in [-0.2, -0.15) is 0 Å². The summed E-state index contributed by atoms with van der Waals surface area (Å²) in [5, 5.41) is 1.49. The van der Waals surface area contributed by atoms with Crippen LogP contribution in [0.15, 0.2) is 36.4 Å². The lowest BCUT2D eigenvalue weighted by Crippen LogP contribution is -2.27. The third-order valence-electron chi connectivity index (χ3n) is 2.22. The van der Waals surface area contributed by atoms with Gasteiger partial charge in [0.05, 0.1) is 5.69 Å². The second-order valence-corrected chi connectivity index (χ2v) is 3.66. The summed E-state index contributed by atoms with van der Waals surface area (Å²) < 4.78 is 0. The van der Waals surface area contributed by atoms with Crippen LogP contribution in [0.3, 0.4) is 0 Å². The van der Waals surface area contributed by atoms with E-state index in [9.17, 15) is 0 Å². The number of anilines is 2. The number of nitrogens with two attached hydrogens (primary N) is 1. The number of nitrogens with zero attached hydrogens (tertiary/aromatic N) is 3. The molecule has 1 heterocycles. The molecular weight excluding hydrogens is 200 g/mol. The van der Waals surface area contributed by atoms with Crippen molar-refractivity contribution in [1.82, 2.24) is 9.97 Å². The highest BCUT2D eigenvalue weighted by Gasteiger charge is 2.07. The first-order valence-corrected chi connectivity index (χ1v) is 5.09. The summed E-state index contributed by atoms with van der Waals surface area (Å²) in [4.78, 5) is 8.60. The summed E-state index contributed by atoms with van der Waals surface area (Å²) in [7, 11) is 0. The van der Waals surface area contributed by atoms with Crippen molar-refractivity contribution in [2.45, 2.75) is 13.8 Å². The summed E-state index contributed by atoms with van der Waals surface area (Å²) in [6.07, 6.45) is 0. The summed E-state index contributed by atoms with van der Waals surface area (Å²) in [5.41, 5.74) is 2.69. The van der Waals surface area contributed by atoms with E-state index in [1.165, 1.54) is 5.01 Å². The van der Waals surface area contributed by atoms with Gasteiger partial charge in [-0.05, 0) is 32.0 Å². The molecule has 2 rings (SSSR count). The van der Waals surface area contributed by atoms with Gasteiger partial charge in [-0.15, -0.1) is 0 Å². The molecule has 0 atom stereocenters. The molecule has 0 spiro atoms. The zero-order valence-corrected chi connectivity index (χ0v) is 9.38. The third kappa shape index (κ3) is 2.17. The van der Waals surface area contributed by atoms with Gasteiger partial charge in [-0.1, -0.05) is 18.2 Å². The van der Waals surface area contributed by atoms with Gasteiger partial charge in [0.2, 0.25) is 5.95 Å². The Morgan fingerprint density at radius 2 is 1.56 bits per heavy atom. The van der Waals surface area contributed by atoms with Crippen molar-refractivity contribution < 1.29 is 0 Å². The van der Waals surface area contributed by atoms with E-state index in [-0.39, 0.29) is 0 Å². The fraction of sp³-hybridized carbons (Fsp3) is 0.167. The first kappa shape index (κ1) is 10.6. The van der Waals surface area contributed by atoms with Gasteiger partial charge in [0.15, 0.2) is 0 Å². The summed E-state index contributed by atoms with van der Waals surface area (Å²) in [5.74, 6) is 6.48. The van der Waals surface area contributed by atoms with E-state index < -0.39 is 0 Å². The Kier molecular flexibility index (Phi) is 2.83. The number of para-hydroxylation sites is 1.